The summed E-state index contributed by atoms with van der Waals surface area (Å²) in [6.07, 6.45) is 1.67. The Hall–Kier alpha value is -2.44. The second-order valence-electron chi connectivity index (χ2n) is 6.08. The molecule has 2 N–H and O–H groups in total. The zero-order valence-corrected chi connectivity index (χ0v) is 15.1. The van der Waals surface area contributed by atoms with Gasteiger partial charge in [-0.1, -0.05) is 17.7 Å². The SMILES string of the molecule is Cc1c([C@@H](C)NCc2ccc(O)c(Cl)c2)cnn1-c1ccc(F)cc1F. The molecule has 7 heteroatoms. The molecule has 0 saturated heterocycles. The van der Waals surface area contributed by atoms with E-state index >= 15 is 0 Å². The van der Waals surface area contributed by atoms with Gasteiger partial charge in [0, 0.05) is 29.9 Å². The van der Waals surface area contributed by atoms with Gasteiger partial charge >= 0.3 is 0 Å². The van der Waals surface area contributed by atoms with Crippen molar-refractivity contribution in [3.63, 3.8) is 0 Å². The highest BCUT2D eigenvalue weighted by Crippen LogP contribution is 2.25. The molecule has 0 bridgehead atoms. The average Bonchev–Trinajstić information content (AvgIpc) is 2.97. The maximum atomic E-state index is 14.0. The van der Waals surface area contributed by atoms with Crippen molar-refractivity contribution in [2.75, 3.05) is 0 Å². The molecule has 0 saturated carbocycles. The lowest BCUT2D eigenvalue weighted by Crippen LogP contribution is -2.18. The molecule has 0 radical (unpaired) electrons. The molecule has 1 atom stereocenters. The van der Waals surface area contributed by atoms with Crippen LogP contribution in [0.15, 0.2) is 42.6 Å². The molecule has 0 aliphatic rings. The van der Waals surface area contributed by atoms with E-state index in [1.165, 1.54) is 16.8 Å². The molecule has 0 amide bonds. The molecule has 0 aliphatic carbocycles. The fourth-order valence-electron chi connectivity index (χ4n) is 2.78. The van der Waals surface area contributed by atoms with Gasteiger partial charge in [-0.15, -0.1) is 0 Å². The number of nitrogens with one attached hydrogen (secondary N) is 1. The van der Waals surface area contributed by atoms with Gasteiger partial charge in [0.15, 0.2) is 5.82 Å². The monoisotopic (exact) mass is 377 g/mol. The number of phenols is 1. The summed E-state index contributed by atoms with van der Waals surface area (Å²) in [5, 5.41) is 17.3. The molecule has 2 aromatic carbocycles. The predicted octanol–water partition coefficient (Wildman–Crippen LogP) is 4.67. The molecule has 4 nitrogen and oxygen atoms in total. The Labute approximate surface area is 155 Å². The minimum atomic E-state index is -0.665. The van der Waals surface area contributed by atoms with Gasteiger partial charge in [0.05, 0.1) is 11.2 Å². The number of halogens is 3. The van der Waals surface area contributed by atoms with Crippen molar-refractivity contribution in [3.05, 3.63) is 76.1 Å². The van der Waals surface area contributed by atoms with E-state index in [1.54, 1.807) is 24.4 Å². The molecule has 1 heterocycles. The molecule has 1 aromatic heterocycles. The van der Waals surface area contributed by atoms with Gasteiger partial charge in [0.1, 0.15) is 17.3 Å². The molecular formula is C19H18ClF2N3O. The number of hydrogen-bond donors (Lipinski definition) is 2. The summed E-state index contributed by atoms with van der Waals surface area (Å²) in [7, 11) is 0. The van der Waals surface area contributed by atoms with Crippen molar-refractivity contribution < 1.29 is 13.9 Å². The Kier molecular flexibility index (Phi) is 5.25. The number of aromatic nitrogens is 2. The van der Waals surface area contributed by atoms with Crippen molar-refractivity contribution >= 4 is 11.6 Å². The first-order valence-electron chi connectivity index (χ1n) is 8.07. The number of rotatable bonds is 5. The van der Waals surface area contributed by atoms with Crippen LogP contribution < -0.4 is 5.32 Å². The van der Waals surface area contributed by atoms with Crippen LogP contribution in [0.2, 0.25) is 5.02 Å². The summed E-state index contributed by atoms with van der Waals surface area (Å²) in [5.41, 5.74) is 2.79. The van der Waals surface area contributed by atoms with Gasteiger partial charge in [0.25, 0.3) is 0 Å². The Balaban J connectivity index is 1.77. The summed E-state index contributed by atoms with van der Waals surface area (Å²) < 4.78 is 28.6. The second kappa shape index (κ2) is 7.43. The molecule has 136 valence electrons. The summed E-state index contributed by atoms with van der Waals surface area (Å²) >= 11 is 5.92. The first-order valence-corrected chi connectivity index (χ1v) is 8.45. The number of phenolic OH excluding ortho intramolecular Hbond substituents is 1. The Morgan fingerprint density at radius 3 is 2.69 bits per heavy atom. The quantitative estimate of drug-likeness (QED) is 0.679. The van der Waals surface area contributed by atoms with E-state index in [9.17, 15) is 13.9 Å². The highest BCUT2D eigenvalue weighted by molar-refractivity contribution is 6.32. The van der Waals surface area contributed by atoms with E-state index in [1.807, 2.05) is 13.8 Å². The smallest absolute Gasteiger partial charge is 0.151 e. The zero-order chi connectivity index (χ0) is 18.8. The van der Waals surface area contributed by atoms with Crippen LogP contribution in [0.1, 0.15) is 29.8 Å². The molecule has 0 unspecified atom stereocenters. The van der Waals surface area contributed by atoms with E-state index < -0.39 is 11.6 Å². The molecule has 0 spiro atoms. The average molecular weight is 378 g/mol. The predicted molar refractivity (Wildman–Crippen MR) is 96.6 cm³/mol. The van der Waals surface area contributed by atoms with Crippen LogP contribution in [0, 0.1) is 18.6 Å². The van der Waals surface area contributed by atoms with Crippen LogP contribution in [0.3, 0.4) is 0 Å². The third-order valence-corrected chi connectivity index (χ3v) is 4.58. The van der Waals surface area contributed by atoms with Gasteiger partial charge in [-0.25, -0.2) is 13.5 Å². The van der Waals surface area contributed by atoms with Crippen LogP contribution in [0.5, 0.6) is 5.75 Å². The van der Waals surface area contributed by atoms with Crippen LogP contribution in [0.25, 0.3) is 5.69 Å². The van der Waals surface area contributed by atoms with E-state index in [-0.39, 0.29) is 17.5 Å². The summed E-state index contributed by atoms with van der Waals surface area (Å²) in [4.78, 5) is 0. The molecule has 0 fully saturated rings. The molecule has 3 rings (SSSR count). The summed E-state index contributed by atoms with van der Waals surface area (Å²) in [5.74, 6) is -1.25. The zero-order valence-electron chi connectivity index (χ0n) is 14.3. The highest BCUT2D eigenvalue weighted by Gasteiger charge is 2.16. The van der Waals surface area contributed by atoms with Crippen molar-refractivity contribution in [2.45, 2.75) is 26.4 Å². The molecule has 26 heavy (non-hydrogen) atoms. The van der Waals surface area contributed by atoms with Gasteiger partial charge in [-0.05, 0) is 43.7 Å². The van der Waals surface area contributed by atoms with Crippen molar-refractivity contribution in [1.29, 1.82) is 0 Å². The summed E-state index contributed by atoms with van der Waals surface area (Å²) in [6, 6.07) is 8.38. The first kappa shape index (κ1) is 18.4. The van der Waals surface area contributed by atoms with Crippen molar-refractivity contribution in [3.8, 4) is 11.4 Å². The first-order chi connectivity index (χ1) is 12.4. The number of hydrogen-bond acceptors (Lipinski definition) is 3. The minimum absolute atomic E-state index is 0.0434. The lowest BCUT2D eigenvalue weighted by molar-refractivity contribution is 0.475. The van der Waals surface area contributed by atoms with E-state index in [4.69, 9.17) is 11.6 Å². The van der Waals surface area contributed by atoms with Crippen molar-refractivity contribution in [1.82, 2.24) is 15.1 Å². The fraction of sp³-hybridized carbons (Fsp3) is 0.211. The summed E-state index contributed by atoms with van der Waals surface area (Å²) in [6.45, 7) is 4.34. The van der Waals surface area contributed by atoms with Gasteiger partial charge in [0.2, 0.25) is 0 Å². The van der Waals surface area contributed by atoms with Gasteiger partial charge in [-0.2, -0.15) is 5.10 Å². The fourth-order valence-corrected chi connectivity index (χ4v) is 2.99. The Morgan fingerprint density at radius 1 is 1.23 bits per heavy atom. The lowest BCUT2D eigenvalue weighted by Gasteiger charge is -2.15. The molecule has 3 aromatic rings. The maximum Gasteiger partial charge on any atom is 0.151 e. The second-order valence-corrected chi connectivity index (χ2v) is 6.49. The number of benzene rings is 2. The van der Waals surface area contributed by atoms with E-state index in [2.05, 4.69) is 10.4 Å². The Bertz CT molecular complexity index is 943. The number of nitrogens with zero attached hydrogens (tertiary/aromatic N) is 2. The van der Waals surface area contributed by atoms with E-state index in [0.717, 1.165) is 22.9 Å². The third kappa shape index (κ3) is 3.71. The largest absolute Gasteiger partial charge is 0.506 e. The topological polar surface area (TPSA) is 50.1 Å². The molecular weight excluding hydrogens is 360 g/mol. The Morgan fingerprint density at radius 2 is 2.00 bits per heavy atom. The van der Waals surface area contributed by atoms with Crippen LogP contribution in [-0.4, -0.2) is 14.9 Å². The maximum absolute atomic E-state index is 14.0. The van der Waals surface area contributed by atoms with E-state index in [0.29, 0.717) is 11.6 Å². The van der Waals surface area contributed by atoms with Gasteiger partial charge < -0.3 is 10.4 Å². The third-order valence-electron chi connectivity index (χ3n) is 4.28. The minimum Gasteiger partial charge on any atom is -0.506 e. The van der Waals surface area contributed by atoms with Crippen molar-refractivity contribution in [2.24, 2.45) is 0 Å². The van der Waals surface area contributed by atoms with Crippen LogP contribution in [0.4, 0.5) is 8.78 Å². The normalized spacial score (nSPS) is 12.3. The highest BCUT2D eigenvalue weighted by atomic mass is 35.5. The standard InChI is InChI=1S/C19H18ClF2N3O/c1-11(23-9-13-3-6-19(26)16(20)7-13)15-10-24-25(12(15)2)18-5-4-14(21)8-17(18)22/h3-8,10-11,23,26H,9H2,1-2H3/t11-/m1/s1. The molecule has 0 aliphatic heterocycles. The van der Waals surface area contributed by atoms with Crippen LogP contribution >= 0.6 is 11.6 Å². The van der Waals surface area contributed by atoms with Gasteiger partial charge in [-0.3, -0.25) is 0 Å². The lowest BCUT2D eigenvalue weighted by atomic mass is 10.1. The van der Waals surface area contributed by atoms with Crippen LogP contribution in [-0.2, 0) is 6.54 Å². The number of aromatic hydroxyl groups is 1.